The highest BCUT2D eigenvalue weighted by Gasteiger charge is 2.03. The molecule has 0 atom stereocenters. The third-order valence-electron chi connectivity index (χ3n) is 2.47. The van der Waals surface area contributed by atoms with Crippen molar-refractivity contribution in [1.82, 2.24) is 9.88 Å². The number of aromatic amines is 1. The fourth-order valence-corrected chi connectivity index (χ4v) is 1.64. The quantitative estimate of drug-likeness (QED) is 0.752. The van der Waals surface area contributed by atoms with Gasteiger partial charge in [-0.1, -0.05) is 0 Å². The molecule has 1 aromatic rings. The van der Waals surface area contributed by atoms with Crippen LogP contribution in [0.3, 0.4) is 0 Å². The molecule has 0 saturated heterocycles. The number of H-pyrrole nitrogens is 1. The molecule has 2 heteroatoms. The van der Waals surface area contributed by atoms with Crippen LogP contribution in [0.25, 0.3) is 0 Å². The van der Waals surface area contributed by atoms with Crippen molar-refractivity contribution in [2.45, 2.75) is 26.7 Å². The second kappa shape index (κ2) is 4.47. The molecule has 0 aliphatic heterocycles. The standard InChI is InChI=1S/C11H20N2/c1-9-8-12-10(2)11(9)6-5-7-13(3)4/h8,12H,5-7H2,1-4H3. The Kier molecular flexibility index (Phi) is 3.55. The molecule has 0 aromatic carbocycles. The van der Waals surface area contributed by atoms with Crippen LogP contribution in [0.4, 0.5) is 0 Å². The Bertz CT molecular complexity index is 242. The van der Waals surface area contributed by atoms with Crippen LogP contribution in [-0.2, 0) is 6.42 Å². The van der Waals surface area contributed by atoms with Gasteiger partial charge in [0.1, 0.15) is 0 Å². The number of hydrogen-bond acceptors (Lipinski definition) is 1. The predicted molar refractivity (Wildman–Crippen MR) is 57.1 cm³/mol. The second-order valence-electron chi connectivity index (χ2n) is 3.98. The van der Waals surface area contributed by atoms with Gasteiger partial charge in [-0.25, -0.2) is 0 Å². The van der Waals surface area contributed by atoms with Crippen LogP contribution < -0.4 is 0 Å². The van der Waals surface area contributed by atoms with Crippen LogP contribution in [0.2, 0.25) is 0 Å². The zero-order valence-corrected chi connectivity index (χ0v) is 9.15. The van der Waals surface area contributed by atoms with Crippen molar-refractivity contribution in [3.8, 4) is 0 Å². The van der Waals surface area contributed by atoms with Gasteiger partial charge < -0.3 is 9.88 Å². The van der Waals surface area contributed by atoms with Crippen molar-refractivity contribution in [3.05, 3.63) is 23.0 Å². The van der Waals surface area contributed by atoms with Gasteiger partial charge in [-0.3, -0.25) is 0 Å². The Morgan fingerprint density at radius 3 is 2.46 bits per heavy atom. The molecule has 1 aromatic heterocycles. The molecule has 0 fully saturated rings. The molecule has 74 valence electrons. The number of aryl methyl sites for hydroxylation is 2. The van der Waals surface area contributed by atoms with Crippen molar-refractivity contribution >= 4 is 0 Å². The summed E-state index contributed by atoms with van der Waals surface area (Å²) in [5, 5.41) is 0. The van der Waals surface area contributed by atoms with E-state index in [0.717, 1.165) is 0 Å². The lowest BCUT2D eigenvalue weighted by Gasteiger charge is -2.09. The summed E-state index contributed by atoms with van der Waals surface area (Å²) in [7, 11) is 4.24. The topological polar surface area (TPSA) is 19.0 Å². The third-order valence-corrected chi connectivity index (χ3v) is 2.47. The monoisotopic (exact) mass is 180 g/mol. The molecular formula is C11H20N2. The van der Waals surface area contributed by atoms with Gasteiger partial charge in [0.15, 0.2) is 0 Å². The molecule has 1 heterocycles. The summed E-state index contributed by atoms with van der Waals surface area (Å²) < 4.78 is 0. The maximum Gasteiger partial charge on any atom is 0.0150 e. The number of nitrogens with zero attached hydrogens (tertiary/aromatic N) is 1. The van der Waals surface area contributed by atoms with E-state index in [0.29, 0.717) is 0 Å². The van der Waals surface area contributed by atoms with Gasteiger partial charge in [0.2, 0.25) is 0 Å². The van der Waals surface area contributed by atoms with Gasteiger partial charge in [0, 0.05) is 11.9 Å². The molecule has 0 spiro atoms. The second-order valence-corrected chi connectivity index (χ2v) is 3.98. The average Bonchev–Trinajstić information content (AvgIpc) is 2.34. The van der Waals surface area contributed by atoms with E-state index >= 15 is 0 Å². The van der Waals surface area contributed by atoms with Crippen LogP contribution in [0.15, 0.2) is 6.20 Å². The first kappa shape index (κ1) is 10.3. The first-order valence-electron chi connectivity index (χ1n) is 4.89. The fourth-order valence-electron chi connectivity index (χ4n) is 1.64. The van der Waals surface area contributed by atoms with Crippen LogP contribution in [-0.4, -0.2) is 30.5 Å². The van der Waals surface area contributed by atoms with E-state index in [-0.39, 0.29) is 0 Å². The molecule has 0 radical (unpaired) electrons. The molecule has 1 N–H and O–H groups in total. The Labute approximate surface area is 81.0 Å². The molecule has 0 bridgehead atoms. The number of nitrogens with one attached hydrogen (secondary N) is 1. The lowest BCUT2D eigenvalue weighted by atomic mass is 10.1. The molecule has 0 unspecified atom stereocenters. The summed E-state index contributed by atoms with van der Waals surface area (Å²) in [6.07, 6.45) is 4.53. The molecule has 0 aliphatic rings. The maximum atomic E-state index is 3.26. The highest BCUT2D eigenvalue weighted by atomic mass is 15.0. The van der Waals surface area contributed by atoms with E-state index in [2.05, 4.69) is 44.0 Å². The van der Waals surface area contributed by atoms with Crippen molar-refractivity contribution in [2.75, 3.05) is 20.6 Å². The van der Waals surface area contributed by atoms with Crippen LogP contribution >= 0.6 is 0 Å². The summed E-state index contributed by atoms with van der Waals surface area (Å²) in [6.45, 7) is 5.50. The first-order valence-corrected chi connectivity index (χ1v) is 4.89. The van der Waals surface area contributed by atoms with E-state index < -0.39 is 0 Å². The van der Waals surface area contributed by atoms with Gasteiger partial charge in [-0.2, -0.15) is 0 Å². The van der Waals surface area contributed by atoms with Crippen LogP contribution in [0.1, 0.15) is 23.2 Å². The summed E-state index contributed by atoms with van der Waals surface area (Å²) in [5.74, 6) is 0. The number of rotatable bonds is 4. The van der Waals surface area contributed by atoms with Gasteiger partial charge >= 0.3 is 0 Å². The van der Waals surface area contributed by atoms with Crippen molar-refractivity contribution < 1.29 is 0 Å². The van der Waals surface area contributed by atoms with E-state index in [1.165, 1.54) is 36.2 Å². The molecule has 0 saturated carbocycles. The van der Waals surface area contributed by atoms with Gasteiger partial charge in [0.05, 0.1) is 0 Å². The lowest BCUT2D eigenvalue weighted by Crippen LogP contribution is -2.13. The minimum Gasteiger partial charge on any atom is -0.365 e. The fraction of sp³-hybridized carbons (Fsp3) is 0.636. The van der Waals surface area contributed by atoms with Crippen LogP contribution in [0.5, 0.6) is 0 Å². The van der Waals surface area contributed by atoms with E-state index in [1.807, 2.05) is 0 Å². The Balaban J connectivity index is 2.44. The van der Waals surface area contributed by atoms with E-state index in [4.69, 9.17) is 0 Å². The summed E-state index contributed by atoms with van der Waals surface area (Å²) in [4.78, 5) is 5.49. The first-order chi connectivity index (χ1) is 6.11. The van der Waals surface area contributed by atoms with Crippen molar-refractivity contribution in [2.24, 2.45) is 0 Å². The van der Waals surface area contributed by atoms with Crippen molar-refractivity contribution in [1.29, 1.82) is 0 Å². The van der Waals surface area contributed by atoms with E-state index in [9.17, 15) is 0 Å². The Hall–Kier alpha value is -0.760. The normalized spacial score (nSPS) is 11.2. The molecule has 2 nitrogen and oxygen atoms in total. The van der Waals surface area contributed by atoms with Gasteiger partial charge in [0.25, 0.3) is 0 Å². The molecule has 0 aliphatic carbocycles. The van der Waals surface area contributed by atoms with Gasteiger partial charge in [-0.15, -0.1) is 0 Å². The minimum absolute atomic E-state index is 1.17. The summed E-state index contributed by atoms with van der Waals surface area (Å²) >= 11 is 0. The summed E-state index contributed by atoms with van der Waals surface area (Å²) in [5.41, 5.74) is 4.23. The Morgan fingerprint density at radius 2 is 2.00 bits per heavy atom. The minimum atomic E-state index is 1.17. The highest BCUT2D eigenvalue weighted by molar-refractivity contribution is 5.28. The highest BCUT2D eigenvalue weighted by Crippen LogP contribution is 2.14. The summed E-state index contributed by atoms with van der Waals surface area (Å²) in [6, 6.07) is 0. The third kappa shape index (κ3) is 2.88. The lowest BCUT2D eigenvalue weighted by molar-refractivity contribution is 0.400. The SMILES string of the molecule is Cc1c[nH]c(C)c1CCCN(C)C. The maximum absolute atomic E-state index is 3.26. The zero-order valence-electron chi connectivity index (χ0n) is 9.15. The molecule has 0 amide bonds. The van der Waals surface area contributed by atoms with Crippen LogP contribution in [0, 0.1) is 13.8 Å². The number of aromatic nitrogens is 1. The van der Waals surface area contributed by atoms with Gasteiger partial charge in [-0.05, 0) is 58.5 Å². The Morgan fingerprint density at radius 1 is 1.31 bits per heavy atom. The van der Waals surface area contributed by atoms with Crippen molar-refractivity contribution in [3.63, 3.8) is 0 Å². The van der Waals surface area contributed by atoms with E-state index in [1.54, 1.807) is 0 Å². The largest absolute Gasteiger partial charge is 0.365 e. The average molecular weight is 180 g/mol. The predicted octanol–water partition coefficient (Wildman–Crippen LogP) is 2.13. The molecular weight excluding hydrogens is 160 g/mol. The number of hydrogen-bond donors (Lipinski definition) is 1. The smallest absolute Gasteiger partial charge is 0.0150 e. The molecule has 13 heavy (non-hydrogen) atoms. The zero-order chi connectivity index (χ0) is 9.84. The molecule has 1 rings (SSSR count).